The van der Waals surface area contributed by atoms with Crippen LogP contribution in [0.5, 0.6) is 0 Å². The van der Waals surface area contributed by atoms with E-state index < -0.39 is 0 Å². The van der Waals surface area contributed by atoms with Crippen LogP contribution in [0.4, 0.5) is 0 Å². The predicted octanol–water partition coefficient (Wildman–Crippen LogP) is 2.97. The largest absolute Gasteiger partial charge is 0.339 e. The summed E-state index contributed by atoms with van der Waals surface area (Å²) in [6, 6.07) is 8.87. The molecule has 1 aromatic carbocycles. The molecule has 2 N–H and O–H groups in total. The average Bonchev–Trinajstić information content (AvgIpc) is 2.79. The molecule has 1 amide bonds. The molecule has 2 fully saturated rings. The molecule has 1 aliphatic heterocycles. The summed E-state index contributed by atoms with van der Waals surface area (Å²) in [5.41, 5.74) is 8.75. The SMILES string of the molecule is Cc1ccccc1[C@H]1C[C@@H](C)N(C(=O)CC2(N)CCC2)C1. The average molecular weight is 286 g/mol. The van der Waals surface area contributed by atoms with Crippen molar-refractivity contribution in [3.8, 4) is 0 Å². The van der Waals surface area contributed by atoms with Crippen LogP contribution in [0, 0.1) is 6.92 Å². The van der Waals surface area contributed by atoms with E-state index in [4.69, 9.17) is 5.73 Å². The summed E-state index contributed by atoms with van der Waals surface area (Å²) < 4.78 is 0. The Morgan fingerprint density at radius 1 is 1.38 bits per heavy atom. The second-order valence-corrected chi connectivity index (χ2v) is 7.08. The van der Waals surface area contributed by atoms with Crippen molar-refractivity contribution in [2.45, 2.75) is 63.5 Å². The number of nitrogens with zero attached hydrogens (tertiary/aromatic N) is 1. The lowest BCUT2D eigenvalue weighted by Gasteiger charge is -2.39. The van der Waals surface area contributed by atoms with Crippen LogP contribution in [0.2, 0.25) is 0 Å². The summed E-state index contributed by atoms with van der Waals surface area (Å²) in [5.74, 6) is 0.723. The highest BCUT2D eigenvalue weighted by Gasteiger charge is 2.39. The molecule has 0 aromatic heterocycles. The van der Waals surface area contributed by atoms with Gasteiger partial charge in [0.1, 0.15) is 0 Å². The number of aryl methyl sites for hydroxylation is 1. The molecule has 3 nitrogen and oxygen atoms in total. The molecule has 114 valence electrons. The standard InChI is InChI=1S/C18H26N2O/c1-13-6-3-4-7-16(13)15-10-14(2)20(12-15)17(21)11-18(19)8-5-9-18/h3-4,6-7,14-15H,5,8-12,19H2,1-2H3/t14-,15+/m1/s1. The fraction of sp³-hybridized carbons (Fsp3) is 0.611. The van der Waals surface area contributed by atoms with E-state index >= 15 is 0 Å². The fourth-order valence-corrected chi connectivity index (χ4v) is 3.86. The third-order valence-electron chi connectivity index (χ3n) is 5.38. The highest BCUT2D eigenvalue weighted by atomic mass is 16.2. The van der Waals surface area contributed by atoms with Crippen molar-refractivity contribution in [1.82, 2.24) is 4.90 Å². The predicted molar refractivity (Wildman–Crippen MR) is 85.1 cm³/mol. The third-order valence-corrected chi connectivity index (χ3v) is 5.38. The first kappa shape index (κ1) is 14.6. The maximum atomic E-state index is 12.6. The molecule has 0 spiro atoms. The molecular weight excluding hydrogens is 260 g/mol. The number of amides is 1. The summed E-state index contributed by atoms with van der Waals surface area (Å²) in [7, 11) is 0. The summed E-state index contributed by atoms with van der Waals surface area (Å²) in [6.45, 7) is 5.18. The first-order valence-corrected chi connectivity index (χ1v) is 8.12. The Bertz CT molecular complexity index is 536. The number of benzene rings is 1. The Hall–Kier alpha value is -1.35. The molecule has 1 aliphatic carbocycles. The Morgan fingerprint density at radius 2 is 2.10 bits per heavy atom. The number of carbonyl (C=O) groups is 1. The van der Waals surface area contributed by atoms with Crippen molar-refractivity contribution in [2.75, 3.05) is 6.54 Å². The molecule has 2 aliphatic rings. The second-order valence-electron chi connectivity index (χ2n) is 7.08. The Morgan fingerprint density at radius 3 is 2.71 bits per heavy atom. The zero-order chi connectivity index (χ0) is 15.0. The van der Waals surface area contributed by atoms with Crippen LogP contribution in [0.25, 0.3) is 0 Å². The van der Waals surface area contributed by atoms with Crippen LogP contribution < -0.4 is 5.73 Å². The second kappa shape index (κ2) is 5.45. The molecule has 0 radical (unpaired) electrons. The minimum Gasteiger partial charge on any atom is -0.339 e. The molecule has 0 unspecified atom stereocenters. The smallest absolute Gasteiger partial charge is 0.224 e. The van der Waals surface area contributed by atoms with E-state index in [2.05, 4.69) is 43.0 Å². The van der Waals surface area contributed by atoms with Gasteiger partial charge in [0, 0.05) is 30.5 Å². The van der Waals surface area contributed by atoms with Crippen LogP contribution in [0.1, 0.15) is 56.1 Å². The van der Waals surface area contributed by atoms with Crippen molar-refractivity contribution in [3.63, 3.8) is 0 Å². The Labute approximate surface area is 127 Å². The lowest BCUT2D eigenvalue weighted by molar-refractivity contribution is -0.133. The fourth-order valence-electron chi connectivity index (χ4n) is 3.86. The maximum Gasteiger partial charge on any atom is 0.224 e. The topological polar surface area (TPSA) is 46.3 Å². The van der Waals surface area contributed by atoms with E-state index in [1.807, 2.05) is 0 Å². The van der Waals surface area contributed by atoms with Gasteiger partial charge in [-0.2, -0.15) is 0 Å². The van der Waals surface area contributed by atoms with Crippen LogP contribution in [0.3, 0.4) is 0 Å². The molecule has 1 heterocycles. The lowest BCUT2D eigenvalue weighted by Crippen LogP contribution is -2.51. The van der Waals surface area contributed by atoms with E-state index in [1.54, 1.807) is 0 Å². The first-order valence-electron chi connectivity index (χ1n) is 8.12. The highest BCUT2D eigenvalue weighted by Crippen LogP contribution is 2.36. The van der Waals surface area contributed by atoms with Crippen molar-refractivity contribution in [2.24, 2.45) is 5.73 Å². The van der Waals surface area contributed by atoms with Gasteiger partial charge in [0.25, 0.3) is 0 Å². The van der Waals surface area contributed by atoms with Gasteiger partial charge in [-0.25, -0.2) is 0 Å². The van der Waals surface area contributed by atoms with Crippen LogP contribution in [-0.2, 0) is 4.79 Å². The van der Waals surface area contributed by atoms with Crippen molar-refractivity contribution < 1.29 is 4.79 Å². The molecular formula is C18H26N2O. The van der Waals surface area contributed by atoms with Crippen LogP contribution in [0.15, 0.2) is 24.3 Å². The van der Waals surface area contributed by atoms with Gasteiger partial charge in [0.05, 0.1) is 0 Å². The number of hydrogen-bond donors (Lipinski definition) is 1. The monoisotopic (exact) mass is 286 g/mol. The van der Waals surface area contributed by atoms with E-state index in [9.17, 15) is 4.79 Å². The Balaban J connectivity index is 1.68. The third kappa shape index (κ3) is 2.84. The maximum absolute atomic E-state index is 12.6. The van der Waals surface area contributed by atoms with Gasteiger partial charge >= 0.3 is 0 Å². The molecule has 21 heavy (non-hydrogen) atoms. The first-order chi connectivity index (χ1) is 9.98. The minimum absolute atomic E-state index is 0.211. The summed E-state index contributed by atoms with van der Waals surface area (Å²) in [5, 5.41) is 0. The van der Waals surface area contributed by atoms with Crippen LogP contribution in [-0.4, -0.2) is 28.9 Å². The number of rotatable bonds is 3. The van der Waals surface area contributed by atoms with E-state index in [1.165, 1.54) is 17.5 Å². The van der Waals surface area contributed by atoms with Gasteiger partial charge in [0.2, 0.25) is 5.91 Å². The number of hydrogen-bond acceptors (Lipinski definition) is 2. The van der Waals surface area contributed by atoms with Gasteiger partial charge in [0.15, 0.2) is 0 Å². The van der Waals surface area contributed by atoms with Crippen molar-refractivity contribution in [1.29, 1.82) is 0 Å². The van der Waals surface area contributed by atoms with Gasteiger partial charge in [-0.15, -0.1) is 0 Å². The van der Waals surface area contributed by atoms with Gasteiger partial charge in [-0.1, -0.05) is 24.3 Å². The lowest BCUT2D eigenvalue weighted by atomic mass is 9.75. The quantitative estimate of drug-likeness (QED) is 0.928. The van der Waals surface area contributed by atoms with Crippen molar-refractivity contribution in [3.05, 3.63) is 35.4 Å². The number of carbonyl (C=O) groups excluding carboxylic acids is 1. The summed E-state index contributed by atoms with van der Waals surface area (Å²) >= 11 is 0. The van der Waals surface area contributed by atoms with E-state index in [0.717, 1.165) is 25.8 Å². The molecule has 1 saturated carbocycles. The molecule has 3 heteroatoms. The van der Waals surface area contributed by atoms with Gasteiger partial charge in [-0.05, 0) is 50.7 Å². The van der Waals surface area contributed by atoms with Gasteiger partial charge < -0.3 is 10.6 Å². The Kier molecular flexibility index (Phi) is 3.78. The zero-order valence-corrected chi connectivity index (χ0v) is 13.1. The molecule has 3 rings (SSSR count). The minimum atomic E-state index is -0.211. The molecule has 2 atom stereocenters. The molecule has 1 aromatic rings. The normalized spacial score (nSPS) is 27.5. The highest BCUT2D eigenvalue weighted by molar-refractivity contribution is 5.78. The molecule has 0 bridgehead atoms. The van der Waals surface area contributed by atoms with Crippen LogP contribution >= 0.6 is 0 Å². The van der Waals surface area contributed by atoms with E-state index in [-0.39, 0.29) is 11.4 Å². The number of likely N-dealkylation sites (tertiary alicyclic amines) is 1. The number of nitrogens with two attached hydrogens (primary N) is 1. The summed E-state index contributed by atoms with van der Waals surface area (Å²) in [4.78, 5) is 14.6. The molecule has 1 saturated heterocycles. The van der Waals surface area contributed by atoms with Gasteiger partial charge in [-0.3, -0.25) is 4.79 Å². The summed E-state index contributed by atoms with van der Waals surface area (Å²) in [6.07, 6.45) is 4.77. The zero-order valence-electron chi connectivity index (χ0n) is 13.1. The van der Waals surface area contributed by atoms with Crippen molar-refractivity contribution >= 4 is 5.91 Å². The van der Waals surface area contributed by atoms with E-state index in [0.29, 0.717) is 18.4 Å².